The molecule has 0 aliphatic heterocycles. The zero-order valence-corrected chi connectivity index (χ0v) is 14.6. The quantitative estimate of drug-likeness (QED) is 0.844. The number of carbonyl (C=O) groups is 1. The maximum atomic E-state index is 12.3. The highest BCUT2D eigenvalue weighted by Crippen LogP contribution is 2.17. The molecule has 24 heavy (non-hydrogen) atoms. The molecule has 2 rings (SSSR count). The van der Waals surface area contributed by atoms with Crippen LogP contribution < -0.4 is 15.0 Å². The number of ether oxygens (including phenoxy) is 1. The van der Waals surface area contributed by atoms with Crippen molar-refractivity contribution in [3.05, 3.63) is 42.2 Å². The van der Waals surface area contributed by atoms with E-state index in [1.807, 2.05) is 44.7 Å². The third kappa shape index (κ3) is 4.68. The fourth-order valence-corrected chi connectivity index (χ4v) is 2.20. The Bertz CT molecular complexity index is 650. The summed E-state index contributed by atoms with van der Waals surface area (Å²) < 4.78 is 5.58. The molecule has 0 atom stereocenters. The molecule has 1 aromatic heterocycles. The first-order valence-corrected chi connectivity index (χ1v) is 8.18. The van der Waals surface area contributed by atoms with Gasteiger partial charge in [-0.2, -0.15) is 0 Å². The van der Waals surface area contributed by atoms with Gasteiger partial charge in [-0.15, -0.1) is 0 Å². The Morgan fingerprint density at radius 2 is 1.71 bits per heavy atom. The maximum Gasteiger partial charge on any atom is 0.258 e. The van der Waals surface area contributed by atoms with Gasteiger partial charge in [-0.05, 0) is 52.0 Å². The first kappa shape index (κ1) is 17.7. The normalized spacial score (nSPS) is 10.5. The monoisotopic (exact) mass is 328 g/mol. The predicted molar refractivity (Wildman–Crippen MR) is 95.8 cm³/mol. The summed E-state index contributed by atoms with van der Waals surface area (Å²) in [5, 5.41) is 2.83. The van der Waals surface area contributed by atoms with Gasteiger partial charge < -0.3 is 15.0 Å². The lowest BCUT2D eigenvalue weighted by Crippen LogP contribution is -2.24. The highest BCUT2D eigenvalue weighted by Gasteiger charge is 2.10. The summed E-state index contributed by atoms with van der Waals surface area (Å²) in [4.78, 5) is 22.8. The summed E-state index contributed by atoms with van der Waals surface area (Å²) in [5.74, 6) is 1.17. The molecule has 0 unspecified atom stereocenters. The molecular formula is C18H24N4O2. The summed E-state index contributed by atoms with van der Waals surface area (Å²) in [5.41, 5.74) is 1.12. The van der Waals surface area contributed by atoms with Crippen molar-refractivity contribution in [2.24, 2.45) is 0 Å². The number of carbonyl (C=O) groups excluding carboxylic acids is 1. The molecule has 6 nitrogen and oxygen atoms in total. The van der Waals surface area contributed by atoms with Gasteiger partial charge in [0, 0.05) is 31.2 Å². The van der Waals surface area contributed by atoms with Gasteiger partial charge >= 0.3 is 0 Å². The van der Waals surface area contributed by atoms with Gasteiger partial charge in [0.2, 0.25) is 5.95 Å². The Balaban J connectivity index is 2.01. The van der Waals surface area contributed by atoms with Crippen molar-refractivity contribution in [2.75, 3.05) is 23.3 Å². The van der Waals surface area contributed by atoms with E-state index in [1.54, 1.807) is 24.5 Å². The smallest absolute Gasteiger partial charge is 0.258 e. The highest BCUT2D eigenvalue weighted by atomic mass is 16.5. The Morgan fingerprint density at radius 1 is 1.12 bits per heavy atom. The van der Waals surface area contributed by atoms with Crippen molar-refractivity contribution in [1.82, 2.24) is 9.97 Å². The van der Waals surface area contributed by atoms with Crippen LogP contribution in [0.3, 0.4) is 0 Å². The second-order valence-corrected chi connectivity index (χ2v) is 5.59. The van der Waals surface area contributed by atoms with Gasteiger partial charge in [-0.25, -0.2) is 9.97 Å². The summed E-state index contributed by atoms with van der Waals surface area (Å²) in [7, 11) is 0. The van der Waals surface area contributed by atoms with E-state index in [2.05, 4.69) is 15.3 Å². The van der Waals surface area contributed by atoms with Crippen molar-refractivity contribution >= 4 is 17.5 Å². The number of nitrogens with zero attached hydrogens (tertiary/aromatic N) is 3. The summed E-state index contributed by atoms with van der Waals surface area (Å²) >= 11 is 0. The van der Waals surface area contributed by atoms with Gasteiger partial charge in [0.05, 0.1) is 11.7 Å². The van der Waals surface area contributed by atoms with Crippen LogP contribution in [0.4, 0.5) is 11.6 Å². The second kappa shape index (κ2) is 8.29. The summed E-state index contributed by atoms with van der Waals surface area (Å²) in [6.07, 6.45) is 3.21. The molecule has 0 radical (unpaired) electrons. The summed E-state index contributed by atoms with van der Waals surface area (Å²) in [6, 6.07) is 7.27. The molecule has 1 aromatic carbocycles. The van der Waals surface area contributed by atoms with Gasteiger partial charge in [0.1, 0.15) is 5.75 Å². The summed E-state index contributed by atoms with van der Waals surface area (Å²) in [6.45, 7) is 9.68. The van der Waals surface area contributed by atoms with E-state index in [-0.39, 0.29) is 12.0 Å². The number of hydrogen-bond donors (Lipinski definition) is 1. The first-order valence-electron chi connectivity index (χ1n) is 8.18. The molecule has 0 saturated carbocycles. The SMILES string of the molecule is CCN(CC)c1ncc(C(=O)Nc2ccc(OC(C)C)cc2)cn1. The standard InChI is InChI=1S/C18H24N4O2/c1-5-22(6-2)18-19-11-14(12-20-18)17(23)21-15-7-9-16(10-8-15)24-13(3)4/h7-13H,5-6H2,1-4H3,(H,21,23). The second-order valence-electron chi connectivity index (χ2n) is 5.59. The zero-order chi connectivity index (χ0) is 17.5. The van der Waals surface area contributed by atoms with Crippen LogP contribution in [0.15, 0.2) is 36.7 Å². The molecule has 128 valence electrons. The van der Waals surface area contributed by atoms with Crippen LogP contribution in [0.2, 0.25) is 0 Å². The van der Waals surface area contributed by atoms with E-state index >= 15 is 0 Å². The number of nitrogens with one attached hydrogen (secondary N) is 1. The Hall–Kier alpha value is -2.63. The van der Waals surface area contributed by atoms with Crippen LogP contribution in [0.25, 0.3) is 0 Å². The zero-order valence-electron chi connectivity index (χ0n) is 14.6. The minimum Gasteiger partial charge on any atom is -0.491 e. The first-order chi connectivity index (χ1) is 11.5. The van der Waals surface area contributed by atoms with Crippen molar-refractivity contribution in [3.63, 3.8) is 0 Å². The number of hydrogen-bond acceptors (Lipinski definition) is 5. The van der Waals surface area contributed by atoms with Crippen LogP contribution in [-0.4, -0.2) is 35.1 Å². The number of amides is 1. The molecule has 2 aromatic rings. The maximum absolute atomic E-state index is 12.3. The topological polar surface area (TPSA) is 67.4 Å². The molecule has 0 bridgehead atoms. The largest absolute Gasteiger partial charge is 0.491 e. The molecule has 0 fully saturated rings. The van der Waals surface area contributed by atoms with Gasteiger partial charge in [-0.1, -0.05) is 0 Å². The number of benzene rings is 1. The van der Waals surface area contributed by atoms with Crippen molar-refractivity contribution < 1.29 is 9.53 Å². The number of aromatic nitrogens is 2. The van der Waals surface area contributed by atoms with Crippen LogP contribution in [0.1, 0.15) is 38.1 Å². The van der Waals surface area contributed by atoms with Gasteiger partial charge in [0.25, 0.3) is 5.91 Å². The van der Waals surface area contributed by atoms with Gasteiger partial charge in [-0.3, -0.25) is 4.79 Å². The molecule has 0 spiro atoms. The van der Waals surface area contributed by atoms with E-state index in [4.69, 9.17) is 4.74 Å². The number of rotatable bonds is 7. The third-order valence-electron chi connectivity index (χ3n) is 3.43. The predicted octanol–water partition coefficient (Wildman–Crippen LogP) is 3.36. The molecular weight excluding hydrogens is 304 g/mol. The Morgan fingerprint density at radius 3 is 2.21 bits per heavy atom. The molecule has 0 aliphatic rings. The fourth-order valence-electron chi connectivity index (χ4n) is 2.20. The third-order valence-corrected chi connectivity index (χ3v) is 3.43. The van der Waals surface area contributed by atoms with E-state index in [0.29, 0.717) is 17.2 Å². The molecule has 6 heteroatoms. The average molecular weight is 328 g/mol. The molecule has 1 heterocycles. The van der Waals surface area contributed by atoms with Crippen molar-refractivity contribution in [3.8, 4) is 5.75 Å². The fraction of sp³-hybridized carbons (Fsp3) is 0.389. The highest BCUT2D eigenvalue weighted by molar-refractivity contribution is 6.03. The van der Waals surface area contributed by atoms with Crippen LogP contribution in [-0.2, 0) is 0 Å². The molecule has 1 amide bonds. The lowest BCUT2D eigenvalue weighted by molar-refractivity contribution is 0.102. The van der Waals surface area contributed by atoms with Crippen molar-refractivity contribution in [2.45, 2.75) is 33.8 Å². The van der Waals surface area contributed by atoms with E-state index in [0.717, 1.165) is 18.8 Å². The van der Waals surface area contributed by atoms with Crippen molar-refractivity contribution in [1.29, 1.82) is 0 Å². The van der Waals surface area contributed by atoms with Crippen LogP contribution in [0.5, 0.6) is 5.75 Å². The molecule has 0 saturated heterocycles. The minimum absolute atomic E-state index is 0.118. The molecule has 0 aliphatic carbocycles. The van der Waals surface area contributed by atoms with Crippen LogP contribution in [0, 0.1) is 0 Å². The minimum atomic E-state index is -0.237. The van der Waals surface area contributed by atoms with Crippen LogP contribution >= 0.6 is 0 Å². The molecule has 1 N–H and O–H groups in total. The van der Waals surface area contributed by atoms with Gasteiger partial charge in [0.15, 0.2) is 0 Å². The number of anilines is 2. The lowest BCUT2D eigenvalue weighted by Gasteiger charge is -2.18. The lowest BCUT2D eigenvalue weighted by atomic mass is 10.2. The van der Waals surface area contributed by atoms with E-state index in [9.17, 15) is 4.79 Å². The average Bonchev–Trinajstić information content (AvgIpc) is 2.58. The Labute approximate surface area is 142 Å². The van der Waals surface area contributed by atoms with E-state index in [1.165, 1.54) is 0 Å². The Kier molecular flexibility index (Phi) is 6.12. The van der Waals surface area contributed by atoms with E-state index < -0.39 is 0 Å².